The van der Waals surface area contributed by atoms with E-state index in [1.165, 1.54) is 16.7 Å². The molecule has 19 heavy (non-hydrogen) atoms. The van der Waals surface area contributed by atoms with Crippen molar-refractivity contribution >= 4 is 0 Å². The molecule has 0 aliphatic carbocycles. The van der Waals surface area contributed by atoms with Gasteiger partial charge in [0.1, 0.15) is 0 Å². The van der Waals surface area contributed by atoms with Crippen molar-refractivity contribution in [2.75, 3.05) is 6.54 Å². The van der Waals surface area contributed by atoms with Gasteiger partial charge in [0.15, 0.2) is 0 Å². The molecule has 0 aliphatic rings. The fourth-order valence-corrected chi connectivity index (χ4v) is 2.15. The van der Waals surface area contributed by atoms with Crippen LogP contribution >= 0.6 is 0 Å². The van der Waals surface area contributed by atoms with Crippen molar-refractivity contribution < 1.29 is 0 Å². The lowest BCUT2D eigenvalue weighted by molar-refractivity contribution is 0.571. The third-order valence-electron chi connectivity index (χ3n) is 3.38. The second kappa shape index (κ2) is 6.53. The summed E-state index contributed by atoms with van der Waals surface area (Å²) < 4.78 is 1.96. The van der Waals surface area contributed by atoms with Crippen molar-refractivity contribution in [2.45, 2.75) is 39.8 Å². The highest BCUT2D eigenvalue weighted by molar-refractivity contribution is 5.62. The zero-order valence-corrected chi connectivity index (χ0v) is 12.1. The first-order valence-electron chi connectivity index (χ1n) is 7.10. The Morgan fingerprint density at radius 1 is 1.26 bits per heavy atom. The molecule has 0 amide bonds. The van der Waals surface area contributed by atoms with Crippen LogP contribution in [0.4, 0.5) is 0 Å². The molecule has 0 saturated heterocycles. The predicted octanol–water partition coefficient (Wildman–Crippen LogP) is 3.63. The van der Waals surface area contributed by atoms with E-state index in [0.717, 1.165) is 19.5 Å². The highest BCUT2D eigenvalue weighted by Crippen LogP contribution is 2.22. The Balaban J connectivity index is 2.18. The smallest absolute Gasteiger partial charge is 0.0568 e. The largest absolute Gasteiger partial charge is 0.310 e. The SMILES string of the molecule is CCCNC(C)c1cccc(-c2cnn(CC)c2)c1. The van der Waals surface area contributed by atoms with Gasteiger partial charge in [-0.2, -0.15) is 5.10 Å². The summed E-state index contributed by atoms with van der Waals surface area (Å²) in [5.74, 6) is 0. The van der Waals surface area contributed by atoms with Gasteiger partial charge in [-0.1, -0.05) is 25.1 Å². The molecule has 1 N–H and O–H groups in total. The first kappa shape index (κ1) is 13.8. The predicted molar refractivity (Wildman–Crippen MR) is 80.0 cm³/mol. The normalized spacial score (nSPS) is 12.6. The Bertz CT molecular complexity index is 516. The maximum atomic E-state index is 4.34. The monoisotopic (exact) mass is 257 g/mol. The Hall–Kier alpha value is -1.61. The first-order chi connectivity index (χ1) is 9.24. The topological polar surface area (TPSA) is 29.9 Å². The van der Waals surface area contributed by atoms with Crippen LogP contribution < -0.4 is 5.32 Å². The maximum Gasteiger partial charge on any atom is 0.0568 e. The summed E-state index contributed by atoms with van der Waals surface area (Å²) in [6.07, 6.45) is 5.20. The molecule has 3 heteroatoms. The van der Waals surface area contributed by atoms with Crippen molar-refractivity contribution in [1.82, 2.24) is 15.1 Å². The molecule has 0 bridgehead atoms. The molecule has 3 nitrogen and oxygen atoms in total. The van der Waals surface area contributed by atoms with Gasteiger partial charge < -0.3 is 5.32 Å². The highest BCUT2D eigenvalue weighted by Gasteiger charge is 2.07. The molecule has 1 atom stereocenters. The van der Waals surface area contributed by atoms with Crippen LogP contribution in [0.15, 0.2) is 36.7 Å². The molecule has 0 fully saturated rings. The quantitative estimate of drug-likeness (QED) is 0.856. The van der Waals surface area contributed by atoms with Gasteiger partial charge in [-0.25, -0.2) is 0 Å². The van der Waals surface area contributed by atoms with E-state index in [1.54, 1.807) is 0 Å². The fourth-order valence-electron chi connectivity index (χ4n) is 2.15. The Labute approximate surface area is 115 Å². The molecule has 1 heterocycles. The van der Waals surface area contributed by atoms with Crippen LogP contribution in [0, 0.1) is 0 Å². The Morgan fingerprint density at radius 2 is 2.11 bits per heavy atom. The van der Waals surface area contributed by atoms with Crippen molar-refractivity contribution in [2.24, 2.45) is 0 Å². The van der Waals surface area contributed by atoms with Crippen LogP contribution in [0.2, 0.25) is 0 Å². The van der Waals surface area contributed by atoms with E-state index in [9.17, 15) is 0 Å². The van der Waals surface area contributed by atoms with E-state index in [0.29, 0.717) is 6.04 Å². The lowest BCUT2D eigenvalue weighted by Crippen LogP contribution is -2.19. The zero-order valence-electron chi connectivity index (χ0n) is 12.1. The number of aryl methyl sites for hydroxylation is 1. The second-order valence-electron chi connectivity index (χ2n) is 4.89. The molecule has 0 saturated carbocycles. The summed E-state index contributed by atoms with van der Waals surface area (Å²) in [7, 11) is 0. The summed E-state index contributed by atoms with van der Waals surface area (Å²) in [4.78, 5) is 0. The zero-order chi connectivity index (χ0) is 13.7. The third kappa shape index (κ3) is 3.44. The molecule has 0 radical (unpaired) electrons. The molecular weight excluding hydrogens is 234 g/mol. The van der Waals surface area contributed by atoms with Gasteiger partial charge >= 0.3 is 0 Å². The lowest BCUT2D eigenvalue weighted by atomic mass is 10.0. The van der Waals surface area contributed by atoms with Gasteiger partial charge in [-0.3, -0.25) is 4.68 Å². The number of nitrogens with one attached hydrogen (secondary N) is 1. The molecule has 1 unspecified atom stereocenters. The van der Waals surface area contributed by atoms with Gasteiger partial charge in [0, 0.05) is 24.3 Å². The molecular formula is C16H23N3. The second-order valence-corrected chi connectivity index (χ2v) is 4.89. The third-order valence-corrected chi connectivity index (χ3v) is 3.38. The summed E-state index contributed by atoms with van der Waals surface area (Å²) >= 11 is 0. The van der Waals surface area contributed by atoms with Crippen molar-refractivity contribution in [3.05, 3.63) is 42.2 Å². The van der Waals surface area contributed by atoms with E-state index in [2.05, 4.69) is 61.6 Å². The van der Waals surface area contributed by atoms with Crippen LogP contribution in [0.1, 0.15) is 38.8 Å². The number of rotatable bonds is 6. The molecule has 1 aromatic carbocycles. The van der Waals surface area contributed by atoms with E-state index in [4.69, 9.17) is 0 Å². The van der Waals surface area contributed by atoms with E-state index in [1.807, 2.05) is 10.9 Å². The Morgan fingerprint density at radius 3 is 2.79 bits per heavy atom. The van der Waals surface area contributed by atoms with E-state index >= 15 is 0 Å². The molecule has 0 aliphatic heterocycles. The summed E-state index contributed by atoms with van der Waals surface area (Å²) in [5.41, 5.74) is 3.75. The minimum absolute atomic E-state index is 0.390. The van der Waals surface area contributed by atoms with Crippen molar-refractivity contribution in [3.63, 3.8) is 0 Å². The molecule has 2 rings (SSSR count). The van der Waals surface area contributed by atoms with Crippen molar-refractivity contribution in [3.8, 4) is 11.1 Å². The van der Waals surface area contributed by atoms with Gasteiger partial charge in [0.2, 0.25) is 0 Å². The van der Waals surface area contributed by atoms with Gasteiger partial charge in [0.05, 0.1) is 6.20 Å². The van der Waals surface area contributed by atoms with Crippen LogP contribution in [0.5, 0.6) is 0 Å². The van der Waals surface area contributed by atoms with Crippen LogP contribution in [0.3, 0.4) is 0 Å². The number of benzene rings is 1. The summed E-state index contributed by atoms with van der Waals surface area (Å²) in [6.45, 7) is 8.47. The van der Waals surface area contributed by atoms with Gasteiger partial charge in [0.25, 0.3) is 0 Å². The maximum absolute atomic E-state index is 4.34. The summed E-state index contributed by atoms with van der Waals surface area (Å²) in [6, 6.07) is 9.09. The average molecular weight is 257 g/mol. The van der Waals surface area contributed by atoms with Crippen LogP contribution in [0.25, 0.3) is 11.1 Å². The average Bonchev–Trinajstić information content (AvgIpc) is 2.94. The molecule has 1 aromatic heterocycles. The van der Waals surface area contributed by atoms with Gasteiger partial charge in [-0.05, 0) is 44.0 Å². The lowest BCUT2D eigenvalue weighted by Gasteiger charge is -2.14. The van der Waals surface area contributed by atoms with Gasteiger partial charge in [-0.15, -0.1) is 0 Å². The molecule has 0 spiro atoms. The number of hydrogen-bond donors (Lipinski definition) is 1. The number of hydrogen-bond acceptors (Lipinski definition) is 2. The summed E-state index contributed by atoms with van der Waals surface area (Å²) in [5, 5.41) is 7.86. The first-order valence-corrected chi connectivity index (χ1v) is 7.10. The van der Waals surface area contributed by atoms with Crippen molar-refractivity contribution in [1.29, 1.82) is 0 Å². The molecule has 102 valence electrons. The van der Waals surface area contributed by atoms with Crippen LogP contribution in [-0.2, 0) is 6.54 Å². The number of aromatic nitrogens is 2. The van der Waals surface area contributed by atoms with Crippen LogP contribution in [-0.4, -0.2) is 16.3 Å². The minimum Gasteiger partial charge on any atom is -0.310 e. The van der Waals surface area contributed by atoms with E-state index < -0.39 is 0 Å². The highest BCUT2D eigenvalue weighted by atomic mass is 15.3. The Kier molecular flexibility index (Phi) is 4.74. The molecule has 2 aromatic rings. The number of nitrogens with zero attached hydrogens (tertiary/aromatic N) is 2. The standard InChI is InChI=1S/C16H23N3/c1-4-9-17-13(3)14-7-6-8-15(10-14)16-11-18-19(5-2)12-16/h6-8,10-13,17H,4-5,9H2,1-3H3. The minimum atomic E-state index is 0.390. The fraction of sp³-hybridized carbons (Fsp3) is 0.438. The van der Waals surface area contributed by atoms with E-state index in [-0.39, 0.29) is 0 Å².